The van der Waals surface area contributed by atoms with Crippen molar-refractivity contribution in [3.63, 3.8) is 0 Å². The summed E-state index contributed by atoms with van der Waals surface area (Å²) in [5.74, 6) is 0.121. The fourth-order valence-electron chi connectivity index (χ4n) is 4.26. The molecule has 0 unspecified atom stereocenters. The molecule has 30 heavy (non-hydrogen) atoms. The Hall–Kier alpha value is -2.77. The number of fused-ring (bicyclic) bond motifs is 2. The molecule has 0 saturated carbocycles. The summed E-state index contributed by atoms with van der Waals surface area (Å²) in [4.78, 5) is 20.5. The van der Waals surface area contributed by atoms with E-state index in [-0.39, 0.29) is 12.0 Å². The predicted octanol–water partition coefficient (Wildman–Crippen LogP) is 4.41. The first-order chi connectivity index (χ1) is 14.5. The number of benzene rings is 1. The molecule has 1 aliphatic rings. The molecule has 0 radical (unpaired) electrons. The SMILES string of the molecule is CO[C@H]1CCCN(C(=O)c2sc3cc(-c4cnc5nn(C)cc5c4)ccc3c2C)C1. The number of aromatic nitrogens is 3. The Morgan fingerprint density at radius 2 is 2.13 bits per heavy atom. The number of carbonyl (C=O) groups is 1. The molecule has 0 bridgehead atoms. The summed E-state index contributed by atoms with van der Waals surface area (Å²) in [5.41, 5.74) is 3.96. The number of likely N-dealkylation sites (tertiary alicyclic amines) is 1. The molecule has 1 aliphatic heterocycles. The summed E-state index contributed by atoms with van der Waals surface area (Å²) in [6, 6.07) is 8.51. The Morgan fingerprint density at radius 1 is 1.27 bits per heavy atom. The van der Waals surface area contributed by atoms with Crippen LogP contribution in [0, 0.1) is 6.92 Å². The molecule has 4 heterocycles. The number of carbonyl (C=O) groups excluding carboxylic acids is 1. The highest BCUT2D eigenvalue weighted by molar-refractivity contribution is 7.21. The third-order valence-electron chi connectivity index (χ3n) is 5.94. The normalized spacial score (nSPS) is 17.2. The van der Waals surface area contributed by atoms with Gasteiger partial charge in [-0.15, -0.1) is 11.3 Å². The van der Waals surface area contributed by atoms with E-state index in [1.165, 1.54) is 0 Å². The monoisotopic (exact) mass is 420 g/mol. The molecule has 154 valence electrons. The van der Waals surface area contributed by atoms with Crippen LogP contribution in [-0.4, -0.2) is 51.9 Å². The van der Waals surface area contributed by atoms with Gasteiger partial charge in [0.05, 0.1) is 11.0 Å². The van der Waals surface area contributed by atoms with E-state index in [0.29, 0.717) is 6.54 Å². The standard InChI is InChI=1S/C23H24N4O2S/c1-14-19-7-6-15(16-9-17-12-26(2)25-22(17)24-11-16)10-20(19)30-21(14)23(28)27-8-4-5-18(13-27)29-3/h6-7,9-12,18H,4-5,8,13H2,1-3H3/t18-/m0/s1. The first-order valence-corrected chi connectivity index (χ1v) is 11.0. The van der Waals surface area contributed by atoms with Crippen LogP contribution in [-0.2, 0) is 11.8 Å². The van der Waals surface area contributed by atoms with Crippen LogP contribution in [0.1, 0.15) is 28.1 Å². The number of nitrogens with zero attached hydrogens (tertiary/aromatic N) is 4. The van der Waals surface area contributed by atoms with E-state index >= 15 is 0 Å². The van der Waals surface area contributed by atoms with Crippen LogP contribution in [0.3, 0.4) is 0 Å². The predicted molar refractivity (Wildman–Crippen MR) is 120 cm³/mol. The molecule has 0 aliphatic carbocycles. The third kappa shape index (κ3) is 3.28. The van der Waals surface area contributed by atoms with Gasteiger partial charge in [0, 0.05) is 55.3 Å². The summed E-state index contributed by atoms with van der Waals surface area (Å²) in [6.45, 7) is 3.52. The maximum absolute atomic E-state index is 13.2. The van der Waals surface area contributed by atoms with Crippen LogP contribution in [0.5, 0.6) is 0 Å². The molecule has 7 heteroatoms. The number of aryl methyl sites for hydroxylation is 2. The van der Waals surface area contributed by atoms with Gasteiger partial charge in [-0.25, -0.2) is 4.98 Å². The molecular formula is C23H24N4O2S. The summed E-state index contributed by atoms with van der Waals surface area (Å²) in [5, 5.41) is 6.51. The van der Waals surface area contributed by atoms with Crippen molar-refractivity contribution in [3.8, 4) is 11.1 Å². The molecule has 6 nitrogen and oxygen atoms in total. The first kappa shape index (κ1) is 19.2. The zero-order chi connectivity index (χ0) is 20.8. The fourth-order valence-corrected chi connectivity index (χ4v) is 5.47. The lowest BCUT2D eigenvalue weighted by atomic mass is 10.0. The number of pyridine rings is 1. The summed E-state index contributed by atoms with van der Waals surface area (Å²) in [6.07, 6.45) is 5.98. The second kappa shape index (κ2) is 7.49. The van der Waals surface area contributed by atoms with E-state index in [9.17, 15) is 4.79 Å². The van der Waals surface area contributed by atoms with Gasteiger partial charge in [0.15, 0.2) is 5.65 Å². The van der Waals surface area contributed by atoms with Crippen LogP contribution in [0.25, 0.3) is 32.2 Å². The van der Waals surface area contributed by atoms with Crippen molar-refractivity contribution in [2.75, 3.05) is 20.2 Å². The van der Waals surface area contributed by atoms with E-state index in [1.54, 1.807) is 23.1 Å². The molecule has 4 aromatic rings. The van der Waals surface area contributed by atoms with E-state index in [2.05, 4.69) is 34.3 Å². The molecule has 1 aromatic carbocycles. The van der Waals surface area contributed by atoms with Crippen molar-refractivity contribution in [2.45, 2.75) is 25.9 Å². The maximum Gasteiger partial charge on any atom is 0.264 e. The first-order valence-electron chi connectivity index (χ1n) is 10.2. The number of rotatable bonds is 3. The molecule has 1 atom stereocenters. The van der Waals surface area contributed by atoms with Gasteiger partial charge < -0.3 is 9.64 Å². The maximum atomic E-state index is 13.2. The van der Waals surface area contributed by atoms with E-state index in [4.69, 9.17) is 4.74 Å². The van der Waals surface area contributed by atoms with Gasteiger partial charge >= 0.3 is 0 Å². The Morgan fingerprint density at radius 3 is 2.97 bits per heavy atom. The van der Waals surface area contributed by atoms with Gasteiger partial charge in [0.2, 0.25) is 0 Å². The number of hydrogen-bond donors (Lipinski definition) is 0. The van der Waals surface area contributed by atoms with E-state index in [0.717, 1.165) is 62.1 Å². The minimum Gasteiger partial charge on any atom is -0.380 e. The van der Waals surface area contributed by atoms with Gasteiger partial charge in [-0.3, -0.25) is 9.48 Å². The number of amides is 1. The molecule has 1 saturated heterocycles. The Kier molecular flexibility index (Phi) is 4.79. The number of thiophene rings is 1. The summed E-state index contributed by atoms with van der Waals surface area (Å²) >= 11 is 1.58. The van der Waals surface area contributed by atoms with Crippen molar-refractivity contribution in [1.82, 2.24) is 19.7 Å². The van der Waals surface area contributed by atoms with Gasteiger partial charge in [0.1, 0.15) is 0 Å². The molecule has 3 aromatic heterocycles. The Balaban J connectivity index is 1.50. The third-order valence-corrected chi connectivity index (χ3v) is 7.18. The highest BCUT2D eigenvalue weighted by Gasteiger charge is 2.27. The van der Waals surface area contributed by atoms with Crippen molar-refractivity contribution in [1.29, 1.82) is 0 Å². The second-order valence-electron chi connectivity index (χ2n) is 7.96. The second-order valence-corrected chi connectivity index (χ2v) is 9.01. The molecule has 1 fully saturated rings. The van der Waals surface area contributed by atoms with Gasteiger partial charge in [-0.1, -0.05) is 12.1 Å². The largest absolute Gasteiger partial charge is 0.380 e. The van der Waals surface area contributed by atoms with Crippen LogP contribution in [0.4, 0.5) is 0 Å². The van der Waals surface area contributed by atoms with Crippen molar-refractivity contribution in [3.05, 3.63) is 47.1 Å². The summed E-state index contributed by atoms with van der Waals surface area (Å²) < 4.78 is 8.39. The van der Waals surface area contributed by atoms with Crippen LogP contribution < -0.4 is 0 Å². The van der Waals surface area contributed by atoms with Crippen LogP contribution >= 0.6 is 11.3 Å². The Bertz CT molecular complexity index is 1260. The van der Waals surface area contributed by atoms with Crippen molar-refractivity contribution >= 4 is 38.4 Å². The fraction of sp³-hybridized carbons (Fsp3) is 0.348. The van der Waals surface area contributed by atoms with Crippen molar-refractivity contribution < 1.29 is 9.53 Å². The lowest BCUT2D eigenvalue weighted by Gasteiger charge is -2.31. The lowest BCUT2D eigenvalue weighted by Crippen LogP contribution is -2.42. The average molecular weight is 421 g/mol. The lowest BCUT2D eigenvalue weighted by molar-refractivity contribution is 0.0271. The molecule has 1 amide bonds. The minimum absolute atomic E-state index is 0.121. The Labute approximate surface area is 179 Å². The zero-order valence-corrected chi connectivity index (χ0v) is 18.2. The number of ether oxygens (including phenoxy) is 1. The average Bonchev–Trinajstić information content (AvgIpc) is 3.31. The van der Waals surface area contributed by atoms with Gasteiger partial charge in [-0.05, 0) is 48.4 Å². The quantitative estimate of drug-likeness (QED) is 0.493. The van der Waals surface area contributed by atoms with Crippen LogP contribution in [0.15, 0.2) is 36.7 Å². The highest BCUT2D eigenvalue weighted by atomic mass is 32.1. The van der Waals surface area contributed by atoms with Crippen LogP contribution in [0.2, 0.25) is 0 Å². The topological polar surface area (TPSA) is 60.2 Å². The molecule has 0 spiro atoms. The smallest absolute Gasteiger partial charge is 0.264 e. The number of piperidine rings is 1. The number of hydrogen-bond acceptors (Lipinski definition) is 5. The molecular weight excluding hydrogens is 396 g/mol. The minimum atomic E-state index is 0.121. The molecule has 0 N–H and O–H groups in total. The highest BCUT2D eigenvalue weighted by Crippen LogP contribution is 2.35. The van der Waals surface area contributed by atoms with Gasteiger partial charge in [0.25, 0.3) is 5.91 Å². The summed E-state index contributed by atoms with van der Waals surface area (Å²) in [7, 11) is 3.63. The van der Waals surface area contributed by atoms with Gasteiger partial charge in [-0.2, -0.15) is 5.10 Å². The number of methoxy groups -OCH3 is 1. The van der Waals surface area contributed by atoms with E-state index in [1.807, 2.05) is 31.3 Å². The van der Waals surface area contributed by atoms with E-state index < -0.39 is 0 Å². The van der Waals surface area contributed by atoms with Crippen molar-refractivity contribution in [2.24, 2.45) is 7.05 Å². The zero-order valence-electron chi connectivity index (χ0n) is 17.4. The molecule has 5 rings (SSSR count).